The number of aromatic nitrogens is 2. The number of aryl methyl sites for hydroxylation is 1. The Labute approximate surface area is 203 Å². The first-order valence-electron chi connectivity index (χ1n) is 10.9. The van der Waals surface area contributed by atoms with E-state index in [1.165, 1.54) is 13.2 Å². The zero-order valence-corrected chi connectivity index (χ0v) is 19.9. The van der Waals surface area contributed by atoms with Crippen LogP contribution in [-0.4, -0.2) is 34.4 Å². The molecule has 0 aliphatic heterocycles. The number of rotatable bonds is 10. The van der Waals surface area contributed by atoms with Gasteiger partial charge >= 0.3 is 5.97 Å². The van der Waals surface area contributed by atoms with Crippen LogP contribution in [0.3, 0.4) is 0 Å². The summed E-state index contributed by atoms with van der Waals surface area (Å²) in [5.74, 6) is -0.668. The molecule has 0 fully saturated rings. The maximum absolute atomic E-state index is 12.6. The Morgan fingerprint density at radius 3 is 2.38 bits per heavy atom. The largest absolute Gasteiger partial charge is 0.469 e. The zero-order chi connectivity index (χ0) is 24.7. The molecule has 0 radical (unpaired) electrons. The molecular weight excluding hydrogens is 456 g/mol. The third-order valence-electron chi connectivity index (χ3n) is 5.39. The van der Waals surface area contributed by atoms with E-state index >= 15 is 0 Å². The van der Waals surface area contributed by atoms with E-state index in [9.17, 15) is 14.4 Å². The minimum Gasteiger partial charge on any atom is -0.469 e. The Hall–Kier alpha value is -3.65. The summed E-state index contributed by atoms with van der Waals surface area (Å²) in [7, 11) is 1.34. The van der Waals surface area contributed by atoms with Gasteiger partial charge in [0.05, 0.1) is 30.4 Å². The van der Waals surface area contributed by atoms with Crippen LogP contribution in [0.25, 0.3) is 0 Å². The molecular formula is C25H27ClN4O4. The first-order valence-corrected chi connectivity index (χ1v) is 11.3. The normalized spacial score (nSPS) is 10.7. The number of carbonyl (C=O) groups excluding carboxylic acids is 3. The zero-order valence-electron chi connectivity index (χ0n) is 19.1. The first-order chi connectivity index (χ1) is 16.3. The van der Waals surface area contributed by atoms with Gasteiger partial charge in [-0.2, -0.15) is 0 Å². The number of imidazole rings is 1. The van der Waals surface area contributed by atoms with Crippen LogP contribution in [0.4, 0.5) is 5.69 Å². The van der Waals surface area contributed by atoms with Crippen LogP contribution in [0.5, 0.6) is 0 Å². The lowest BCUT2D eigenvalue weighted by Crippen LogP contribution is -2.20. The number of hydrogen-bond donors (Lipinski definition) is 2. The van der Waals surface area contributed by atoms with Crippen LogP contribution < -0.4 is 11.1 Å². The van der Waals surface area contributed by atoms with Gasteiger partial charge in [-0.25, -0.2) is 4.98 Å². The van der Waals surface area contributed by atoms with Crippen LogP contribution in [0.15, 0.2) is 48.5 Å². The van der Waals surface area contributed by atoms with E-state index < -0.39 is 11.8 Å². The van der Waals surface area contributed by atoms with Crippen LogP contribution in [-0.2, 0) is 28.9 Å². The van der Waals surface area contributed by atoms with Gasteiger partial charge in [0, 0.05) is 18.7 Å². The van der Waals surface area contributed by atoms with Crippen molar-refractivity contribution in [1.82, 2.24) is 9.55 Å². The third-order valence-corrected chi connectivity index (χ3v) is 5.69. The van der Waals surface area contributed by atoms with Gasteiger partial charge in [0.2, 0.25) is 5.91 Å². The highest BCUT2D eigenvalue weighted by Crippen LogP contribution is 2.22. The number of amides is 2. The van der Waals surface area contributed by atoms with E-state index in [0.29, 0.717) is 23.1 Å². The standard InChI is InChI=1S/C25H27ClN4O4/c1-3-4-9-21-29-23(26)20(14-22(31)34-2)30(21)15-16-10-12-17(13-11-16)28-25(33)19-8-6-5-7-18(19)24(27)32/h5-8,10-13H,3-4,9,14-15H2,1-2H3,(H2,27,32)(H,28,33). The SMILES string of the molecule is CCCCc1nc(Cl)c(CC(=O)OC)n1Cc1ccc(NC(=O)c2ccccc2C(N)=O)cc1. The first kappa shape index (κ1) is 25.0. The second kappa shape index (κ2) is 11.5. The number of primary amides is 1. The van der Waals surface area contributed by atoms with E-state index in [-0.39, 0.29) is 23.5 Å². The quantitative estimate of drug-likeness (QED) is 0.424. The molecule has 2 aromatic carbocycles. The molecule has 178 valence electrons. The number of nitrogens with one attached hydrogen (secondary N) is 1. The number of esters is 1. The van der Waals surface area contributed by atoms with Gasteiger partial charge in [-0.05, 0) is 36.2 Å². The number of methoxy groups -OCH3 is 1. The van der Waals surface area contributed by atoms with Crippen LogP contribution >= 0.6 is 11.6 Å². The molecule has 3 aromatic rings. The number of anilines is 1. The molecule has 3 rings (SSSR count). The predicted molar refractivity (Wildman–Crippen MR) is 130 cm³/mol. The molecule has 2 amide bonds. The van der Waals surface area contributed by atoms with Gasteiger partial charge < -0.3 is 20.4 Å². The van der Waals surface area contributed by atoms with Crippen molar-refractivity contribution in [3.8, 4) is 0 Å². The smallest absolute Gasteiger partial charge is 0.311 e. The summed E-state index contributed by atoms with van der Waals surface area (Å²) in [6.07, 6.45) is 2.72. The van der Waals surface area contributed by atoms with Gasteiger partial charge in [-0.1, -0.05) is 49.2 Å². The predicted octanol–water partition coefficient (Wildman–Crippen LogP) is 3.99. The lowest BCUT2D eigenvalue weighted by Gasteiger charge is -2.13. The van der Waals surface area contributed by atoms with Crippen molar-refractivity contribution < 1.29 is 19.1 Å². The lowest BCUT2D eigenvalue weighted by atomic mass is 10.1. The molecule has 1 aromatic heterocycles. The van der Waals surface area contributed by atoms with E-state index in [2.05, 4.69) is 17.2 Å². The summed E-state index contributed by atoms with van der Waals surface area (Å²) in [6.45, 7) is 2.56. The average Bonchev–Trinajstić information content (AvgIpc) is 3.12. The molecule has 0 saturated heterocycles. The van der Waals surface area contributed by atoms with Crippen LogP contribution in [0.1, 0.15) is 57.6 Å². The third kappa shape index (κ3) is 6.02. The monoisotopic (exact) mass is 482 g/mol. The van der Waals surface area contributed by atoms with E-state index in [1.54, 1.807) is 30.3 Å². The molecule has 0 aliphatic carbocycles. The highest BCUT2D eigenvalue weighted by molar-refractivity contribution is 6.30. The Balaban J connectivity index is 1.80. The molecule has 34 heavy (non-hydrogen) atoms. The molecule has 0 atom stereocenters. The molecule has 1 heterocycles. The maximum Gasteiger partial charge on any atom is 0.311 e. The lowest BCUT2D eigenvalue weighted by molar-refractivity contribution is -0.139. The van der Waals surface area contributed by atoms with E-state index in [1.807, 2.05) is 16.7 Å². The van der Waals surface area contributed by atoms with Crippen molar-refractivity contribution in [2.75, 3.05) is 12.4 Å². The second-order valence-corrected chi connectivity index (χ2v) is 8.13. The van der Waals surface area contributed by atoms with Crippen molar-refractivity contribution in [1.29, 1.82) is 0 Å². The average molecular weight is 483 g/mol. The van der Waals surface area contributed by atoms with Crippen molar-refractivity contribution >= 4 is 35.1 Å². The van der Waals surface area contributed by atoms with Crippen LogP contribution in [0.2, 0.25) is 5.15 Å². The fourth-order valence-electron chi connectivity index (χ4n) is 3.57. The molecule has 8 nitrogen and oxygen atoms in total. The van der Waals surface area contributed by atoms with Crippen LogP contribution in [0, 0.1) is 0 Å². The van der Waals surface area contributed by atoms with Gasteiger partial charge in [0.1, 0.15) is 5.82 Å². The topological polar surface area (TPSA) is 116 Å². The maximum atomic E-state index is 12.6. The van der Waals surface area contributed by atoms with Crippen molar-refractivity contribution in [2.24, 2.45) is 5.73 Å². The molecule has 0 saturated carbocycles. The number of nitrogens with two attached hydrogens (primary N) is 1. The number of halogens is 1. The summed E-state index contributed by atoms with van der Waals surface area (Å²) in [4.78, 5) is 40.6. The Morgan fingerprint density at radius 2 is 1.76 bits per heavy atom. The Kier molecular flexibility index (Phi) is 8.43. The summed E-state index contributed by atoms with van der Waals surface area (Å²) >= 11 is 6.35. The van der Waals surface area contributed by atoms with Crippen molar-refractivity contribution in [3.05, 3.63) is 81.9 Å². The highest BCUT2D eigenvalue weighted by Gasteiger charge is 2.19. The fraction of sp³-hybridized carbons (Fsp3) is 0.280. The summed E-state index contributed by atoms with van der Waals surface area (Å²) in [5, 5.41) is 3.08. The van der Waals surface area contributed by atoms with E-state index in [0.717, 1.165) is 30.7 Å². The van der Waals surface area contributed by atoms with Gasteiger partial charge in [-0.15, -0.1) is 0 Å². The summed E-state index contributed by atoms with van der Waals surface area (Å²) < 4.78 is 6.76. The minimum absolute atomic E-state index is 0.0296. The number of ether oxygens (including phenoxy) is 1. The number of hydrogen-bond acceptors (Lipinski definition) is 5. The van der Waals surface area contributed by atoms with E-state index in [4.69, 9.17) is 22.1 Å². The number of carbonyl (C=O) groups is 3. The summed E-state index contributed by atoms with van der Waals surface area (Å²) in [6, 6.07) is 13.7. The highest BCUT2D eigenvalue weighted by atomic mass is 35.5. The number of nitrogens with zero attached hydrogens (tertiary/aromatic N) is 2. The minimum atomic E-state index is -0.665. The number of unbranched alkanes of at least 4 members (excludes halogenated alkanes) is 1. The summed E-state index contributed by atoms with van der Waals surface area (Å²) in [5.41, 5.74) is 7.85. The van der Waals surface area contributed by atoms with Gasteiger partial charge in [-0.3, -0.25) is 14.4 Å². The fourth-order valence-corrected chi connectivity index (χ4v) is 3.83. The Morgan fingerprint density at radius 1 is 1.09 bits per heavy atom. The van der Waals surface area contributed by atoms with Crippen molar-refractivity contribution in [3.63, 3.8) is 0 Å². The van der Waals surface area contributed by atoms with Crippen molar-refractivity contribution in [2.45, 2.75) is 39.2 Å². The molecule has 0 spiro atoms. The molecule has 0 unspecified atom stereocenters. The van der Waals surface area contributed by atoms with Gasteiger partial charge in [0.25, 0.3) is 5.91 Å². The van der Waals surface area contributed by atoms with Gasteiger partial charge in [0.15, 0.2) is 5.15 Å². The molecule has 0 aliphatic rings. The number of benzene rings is 2. The molecule has 9 heteroatoms. The molecule has 0 bridgehead atoms. The Bertz CT molecular complexity index is 1190. The molecule has 3 N–H and O–H groups in total. The second-order valence-electron chi connectivity index (χ2n) is 7.77.